The number of alkyl halides is 3. The van der Waals surface area contributed by atoms with Gasteiger partial charge in [-0.1, -0.05) is 73.6 Å². The molecule has 1 aliphatic heterocycles. The first-order valence-electron chi connectivity index (χ1n) is 10.4. The molecule has 0 aromatic heterocycles. The van der Waals surface area contributed by atoms with Crippen LogP contribution in [-0.2, 0) is 17.4 Å². The number of halogens is 3. The van der Waals surface area contributed by atoms with Gasteiger partial charge in [-0.3, -0.25) is 4.79 Å². The summed E-state index contributed by atoms with van der Waals surface area (Å²) in [5, 5.41) is 2.31. The molecule has 2 N–H and O–H groups in total. The van der Waals surface area contributed by atoms with Crippen LogP contribution in [0.15, 0.2) is 70.6 Å². The summed E-state index contributed by atoms with van der Waals surface area (Å²) in [6.07, 6.45) is 0.401. The molecule has 32 heavy (non-hydrogen) atoms. The second-order valence-corrected chi connectivity index (χ2v) is 8.85. The number of ketones is 1. The van der Waals surface area contributed by atoms with Crippen molar-refractivity contribution in [3.05, 3.63) is 92.9 Å². The monoisotopic (exact) mass is 453 g/mol. The van der Waals surface area contributed by atoms with Crippen LogP contribution in [0.5, 0.6) is 0 Å². The fourth-order valence-electron chi connectivity index (χ4n) is 3.86. The number of carbonyl (C=O) groups excluding carboxylic acids is 1. The van der Waals surface area contributed by atoms with Gasteiger partial charge in [0.05, 0.1) is 21.1 Å². The van der Waals surface area contributed by atoms with E-state index in [1.54, 1.807) is 6.08 Å². The zero-order chi connectivity index (χ0) is 22.9. The lowest BCUT2D eigenvalue weighted by atomic mass is 9.96. The van der Waals surface area contributed by atoms with E-state index in [2.05, 4.69) is 19.1 Å². The van der Waals surface area contributed by atoms with E-state index in [0.717, 1.165) is 59.5 Å². The van der Waals surface area contributed by atoms with Crippen LogP contribution in [0.25, 0.3) is 22.4 Å². The highest BCUT2D eigenvalue weighted by Gasteiger charge is 2.33. The van der Waals surface area contributed by atoms with Gasteiger partial charge in [-0.15, -0.1) is 0 Å². The molecule has 0 saturated carbocycles. The minimum atomic E-state index is -4.49. The minimum absolute atomic E-state index is 0.124. The van der Waals surface area contributed by atoms with Crippen LogP contribution in [0.1, 0.15) is 42.0 Å². The summed E-state index contributed by atoms with van der Waals surface area (Å²) < 4.78 is 39.4. The molecule has 164 valence electrons. The lowest BCUT2D eigenvalue weighted by Crippen LogP contribution is -2.07. The highest BCUT2D eigenvalue weighted by molar-refractivity contribution is 8.08. The van der Waals surface area contributed by atoms with Gasteiger partial charge < -0.3 is 5.73 Å². The summed E-state index contributed by atoms with van der Waals surface area (Å²) in [5.74, 6) is -0.352. The van der Waals surface area contributed by atoms with Crippen molar-refractivity contribution in [3.8, 4) is 0 Å². The van der Waals surface area contributed by atoms with Crippen LogP contribution in [0, 0.1) is 0 Å². The Kier molecular flexibility index (Phi) is 6.15. The number of thioether (sulfide) groups is 1. The molecular weight excluding hydrogens is 431 g/mol. The molecule has 0 unspecified atom stereocenters. The van der Waals surface area contributed by atoms with Crippen LogP contribution in [0.4, 0.5) is 13.2 Å². The third kappa shape index (κ3) is 4.46. The van der Waals surface area contributed by atoms with Gasteiger partial charge >= 0.3 is 6.18 Å². The van der Waals surface area contributed by atoms with Crippen LogP contribution in [0.3, 0.4) is 0 Å². The fraction of sp³-hybridized carbons (Fsp3) is 0.192. The minimum Gasteiger partial charge on any atom is -0.393 e. The number of allylic oxidation sites excluding steroid dienone is 2. The standard InChI is InChI=1S/C26H22F3NOS/c1-2-3-7-16-12-17-8-4-5-11-21(17)19(13-16)15-22-24(31)23(25(30)32-22)18-9-6-10-20(14-18)26(27,28)29/h4-6,8-15H,2-3,7,30H2,1H3/b22-15+. The number of carbonyl (C=O) groups is 1. The largest absolute Gasteiger partial charge is 0.416 e. The molecule has 4 rings (SSSR count). The third-order valence-electron chi connectivity index (χ3n) is 5.45. The lowest BCUT2D eigenvalue weighted by Gasteiger charge is -2.09. The summed E-state index contributed by atoms with van der Waals surface area (Å²) in [6, 6.07) is 16.9. The molecule has 0 bridgehead atoms. The van der Waals surface area contributed by atoms with Gasteiger partial charge in [0.15, 0.2) is 0 Å². The third-order valence-corrected chi connectivity index (χ3v) is 6.40. The van der Waals surface area contributed by atoms with Gasteiger partial charge in [0.1, 0.15) is 0 Å². The summed E-state index contributed by atoms with van der Waals surface area (Å²) in [7, 11) is 0. The number of benzene rings is 3. The van der Waals surface area contributed by atoms with Crippen molar-refractivity contribution in [2.45, 2.75) is 32.4 Å². The highest BCUT2D eigenvalue weighted by Crippen LogP contribution is 2.42. The van der Waals surface area contributed by atoms with E-state index < -0.39 is 11.7 Å². The molecule has 0 radical (unpaired) electrons. The number of Topliss-reactive ketones (excluding diaryl/α,β-unsaturated/α-hetero) is 1. The van der Waals surface area contributed by atoms with Crippen molar-refractivity contribution in [1.29, 1.82) is 0 Å². The van der Waals surface area contributed by atoms with Crippen LogP contribution in [0.2, 0.25) is 0 Å². The lowest BCUT2D eigenvalue weighted by molar-refractivity contribution is -0.137. The summed E-state index contributed by atoms with van der Waals surface area (Å²) in [4.78, 5) is 13.6. The zero-order valence-electron chi connectivity index (χ0n) is 17.5. The van der Waals surface area contributed by atoms with Crippen molar-refractivity contribution in [2.24, 2.45) is 5.73 Å². The van der Waals surface area contributed by atoms with Crippen LogP contribution >= 0.6 is 11.8 Å². The molecule has 0 aliphatic carbocycles. The predicted molar refractivity (Wildman–Crippen MR) is 126 cm³/mol. The molecule has 1 heterocycles. The number of nitrogens with two attached hydrogens (primary N) is 1. The fourth-order valence-corrected chi connectivity index (χ4v) is 4.79. The molecule has 0 fully saturated rings. The second-order valence-electron chi connectivity index (χ2n) is 7.77. The Morgan fingerprint density at radius 3 is 2.56 bits per heavy atom. The van der Waals surface area contributed by atoms with Crippen LogP contribution in [-0.4, -0.2) is 5.78 Å². The Balaban J connectivity index is 1.74. The van der Waals surface area contributed by atoms with Crippen LogP contribution < -0.4 is 5.73 Å². The van der Waals surface area contributed by atoms with E-state index in [1.165, 1.54) is 17.7 Å². The zero-order valence-corrected chi connectivity index (χ0v) is 18.3. The first kappa shape index (κ1) is 22.2. The van der Waals surface area contributed by atoms with E-state index in [9.17, 15) is 18.0 Å². The topological polar surface area (TPSA) is 43.1 Å². The Morgan fingerprint density at radius 1 is 1.03 bits per heavy atom. The second kappa shape index (κ2) is 8.87. The van der Waals surface area contributed by atoms with Gasteiger partial charge in [-0.2, -0.15) is 13.2 Å². The molecule has 3 aromatic carbocycles. The van der Waals surface area contributed by atoms with E-state index in [-0.39, 0.29) is 21.9 Å². The van der Waals surface area contributed by atoms with E-state index in [4.69, 9.17) is 5.73 Å². The Morgan fingerprint density at radius 2 is 1.81 bits per heavy atom. The molecule has 0 saturated heterocycles. The Bertz CT molecular complexity index is 1260. The van der Waals surface area contributed by atoms with Gasteiger partial charge in [0, 0.05) is 0 Å². The molecule has 0 amide bonds. The molecule has 3 aromatic rings. The van der Waals surface area contributed by atoms with E-state index >= 15 is 0 Å². The Labute approximate surface area is 189 Å². The smallest absolute Gasteiger partial charge is 0.393 e. The predicted octanol–water partition coefficient (Wildman–Crippen LogP) is 7.19. The van der Waals surface area contributed by atoms with E-state index in [1.807, 2.05) is 24.3 Å². The molecule has 6 heteroatoms. The average Bonchev–Trinajstić information content (AvgIpc) is 3.04. The molecule has 0 spiro atoms. The molecule has 2 nitrogen and oxygen atoms in total. The van der Waals surface area contributed by atoms with Gasteiger partial charge in [-0.25, -0.2) is 0 Å². The van der Waals surface area contributed by atoms with Crippen molar-refractivity contribution in [2.75, 3.05) is 0 Å². The number of rotatable bonds is 5. The maximum Gasteiger partial charge on any atom is 0.416 e. The first-order chi connectivity index (χ1) is 15.3. The highest BCUT2D eigenvalue weighted by atomic mass is 32.2. The number of unbranched alkanes of at least 4 members (excludes halogenated alkanes) is 1. The summed E-state index contributed by atoms with van der Waals surface area (Å²) >= 11 is 1.10. The van der Waals surface area contributed by atoms with Crippen molar-refractivity contribution in [3.63, 3.8) is 0 Å². The number of hydrogen-bond acceptors (Lipinski definition) is 3. The number of aryl methyl sites for hydroxylation is 1. The SMILES string of the molecule is CCCCc1cc(/C=C2/SC(N)=C(c3cccc(C(F)(F)F)c3)C2=O)c2ccccc2c1. The van der Waals surface area contributed by atoms with Crippen molar-refractivity contribution < 1.29 is 18.0 Å². The van der Waals surface area contributed by atoms with Crippen molar-refractivity contribution >= 4 is 40.0 Å². The Hall–Kier alpha value is -2.99. The molecule has 1 aliphatic rings. The van der Waals surface area contributed by atoms with Gasteiger partial charge in [0.25, 0.3) is 0 Å². The van der Waals surface area contributed by atoms with Gasteiger partial charge in [0.2, 0.25) is 5.78 Å². The van der Waals surface area contributed by atoms with Crippen molar-refractivity contribution in [1.82, 2.24) is 0 Å². The normalized spacial score (nSPS) is 15.9. The maximum atomic E-state index is 13.2. The summed E-state index contributed by atoms with van der Waals surface area (Å²) in [5.41, 5.74) is 7.70. The number of fused-ring (bicyclic) bond motifs is 1. The maximum absolute atomic E-state index is 13.2. The summed E-state index contributed by atoms with van der Waals surface area (Å²) in [6.45, 7) is 2.14. The molecular formula is C26H22F3NOS. The average molecular weight is 454 g/mol. The quantitative estimate of drug-likeness (QED) is 0.416. The first-order valence-corrected chi connectivity index (χ1v) is 11.2. The number of hydrogen-bond donors (Lipinski definition) is 1. The van der Waals surface area contributed by atoms with Gasteiger partial charge in [-0.05, 0) is 58.5 Å². The molecule has 0 atom stereocenters. The van der Waals surface area contributed by atoms with E-state index in [0.29, 0.717) is 4.91 Å².